The summed E-state index contributed by atoms with van der Waals surface area (Å²) in [4.78, 5) is 0. The molecule has 0 fully saturated rings. The summed E-state index contributed by atoms with van der Waals surface area (Å²) in [6.45, 7) is 1.65. The van der Waals surface area contributed by atoms with Gasteiger partial charge in [0.2, 0.25) is 0 Å². The Balaban J connectivity index is 2.87. The van der Waals surface area contributed by atoms with Crippen molar-refractivity contribution in [1.82, 2.24) is 0 Å². The minimum Gasteiger partial charge on any atom is -0.359 e. The first-order valence-corrected chi connectivity index (χ1v) is 4.84. The van der Waals surface area contributed by atoms with E-state index in [2.05, 4.69) is 0 Å². The van der Waals surface area contributed by atoms with Gasteiger partial charge in [-0.3, -0.25) is 0 Å². The lowest BCUT2D eigenvalue weighted by atomic mass is 10.2. The molecule has 0 radical (unpaired) electrons. The summed E-state index contributed by atoms with van der Waals surface area (Å²) in [5.41, 5.74) is 1.00. The summed E-state index contributed by atoms with van der Waals surface area (Å²) in [5.74, 6) is 0. The minimum atomic E-state index is 0.337. The molecule has 0 aliphatic rings. The molecule has 0 saturated carbocycles. The van der Waals surface area contributed by atoms with E-state index in [0.29, 0.717) is 5.05 Å². The van der Waals surface area contributed by atoms with Gasteiger partial charge in [-0.1, -0.05) is 42.5 Å². The van der Waals surface area contributed by atoms with E-state index < -0.39 is 0 Å². The Hall–Kier alpha value is -0.510. The maximum absolute atomic E-state index is 9.00. The van der Waals surface area contributed by atoms with E-state index in [-0.39, 0.29) is 0 Å². The highest BCUT2D eigenvalue weighted by Crippen LogP contribution is 2.07. The Morgan fingerprint density at radius 2 is 1.92 bits per heavy atom. The molecule has 0 bridgehead atoms. The van der Waals surface area contributed by atoms with E-state index in [1.165, 1.54) is 0 Å². The lowest BCUT2D eigenvalue weighted by molar-refractivity contribution is 0.565. The van der Waals surface area contributed by atoms with E-state index in [1.807, 2.05) is 30.3 Å². The predicted molar refractivity (Wildman–Crippen MR) is 60.4 cm³/mol. The molecule has 0 spiro atoms. The normalized spacial score (nSPS) is 12.0. The standard InChI is InChI=1S/C9H10OS2/c1-7(10)12-9(11)8-5-3-2-4-6-8/h2-6,10,12H,1H3. The fourth-order valence-corrected chi connectivity index (χ4v) is 1.90. The molecule has 64 valence electrons. The fourth-order valence-electron chi connectivity index (χ4n) is 0.792. The number of rotatable bonds is 1. The quantitative estimate of drug-likeness (QED) is 0.534. The number of hydrogen-bond donors (Lipinski definition) is 2. The summed E-state index contributed by atoms with van der Waals surface area (Å²) in [5, 5.41) is 9.34. The lowest BCUT2D eigenvalue weighted by Gasteiger charge is -1.97. The molecule has 0 aromatic heterocycles. The Morgan fingerprint density at radius 1 is 1.33 bits per heavy atom. The minimum absolute atomic E-state index is 0.337. The molecule has 1 aromatic rings. The van der Waals surface area contributed by atoms with Crippen LogP contribution in [0.5, 0.6) is 0 Å². The van der Waals surface area contributed by atoms with Gasteiger partial charge in [-0.2, -0.15) is 0 Å². The van der Waals surface area contributed by atoms with Crippen LogP contribution < -0.4 is 0 Å². The first kappa shape index (κ1) is 9.58. The molecule has 0 amide bonds. The van der Waals surface area contributed by atoms with Crippen LogP contribution in [0.1, 0.15) is 12.5 Å². The van der Waals surface area contributed by atoms with Gasteiger partial charge in [0.15, 0.2) is 0 Å². The smallest absolute Gasteiger partial charge is 0.0716 e. The van der Waals surface area contributed by atoms with Crippen LogP contribution in [0, 0.1) is 0 Å². The average molecular weight is 198 g/mol. The predicted octanol–water partition coefficient (Wildman–Crippen LogP) is 2.54. The lowest BCUT2D eigenvalue weighted by Crippen LogP contribution is -1.91. The van der Waals surface area contributed by atoms with E-state index in [9.17, 15) is 0 Å². The van der Waals surface area contributed by atoms with Crippen LogP contribution in [0.4, 0.5) is 0 Å². The maximum Gasteiger partial charge on any atom is 0.0716 e. The van der Waals surface area contributed by atoms with Crippen LogP contribution >= 0.6 is 23.6 Å². The van der Waals surface area contributed by atoms with Gasteiger partial charge < -0.3 is 5.11 Å². The molecule has 1 N–H and O–H groups in total. The molecule has 0 unspecified atom stereocenters. The average Bonchev–Trinajstić information content (AvgIpc) is 2.05. The van der Waals surface area contributed by atoms with E-state index >= 15 is 0 Å². The SMILES string of the molecule is CC(O)=[SH]C(=S)c1ccccc1. The zero-order valence-corrected chi connectivity index (χ0v) is 8.40. The van der Waals surface area contributed by atoms with Crippen molar-refractivity contribution in [2.24, 2.45) is 0 Å². The summed E-state index contributed by atoms with van der Waals surface area (Å²) in [6, 6.07) is 9.70. The third kappa shape index (κ3) is 2.85. The van der Waals surface area contributed by atoms with Crippen LogP contribution in [0.15, 0.2) is 30.3 Å². The molecule has 12 heavy (non-hydrogen) atoms. The van der Waals surface area contributed by atoms with Gasteiger partial charge in [0.05, 0.1) is 9.25 Å². The third-order valence-corrected chi connectivity index (χ3v) is 2.58. The van der Waals surface area contributed by atoms with E-state index in [1.54, 1.807) is 6.92 Å². The Morgan fingerprint density at radius 3 is 2.42 bits per heavy atom. The summed E-state index contributed by atoms with van der Waals surface area (Å²) < 4.78 is 0.760. The van der Waals surface area contributed by atoms with Crippen molar-refractivity contribution in [3.8, 4) is 0 Å². The summed E-state index contributed by atoms with van der Waals surface area (Å²) >= 11 is 5.83. The molecule has 3 heteroatoms. The van der Waals surface area contributed by atoms with Gasteiger partial charge in [-0.25, -0.2) is 0 Å². The molecular weight excluding hydrogens is 188 g/mol. The first-order chi connectivity index (χ1) is 5.70. The Labute approximate surface area is 81.0 Å². The molecule has 1 nitrogen and oxygen atoms in total. The Bertz CT molecular complexity index is 300. The highest BCUT2D eigenvalue weighted by Gasteiger charge is 1.94. The van der Waals surface area contributed by atoms with Crippen molar-refractivity contribution in [2.75, 3.05) is 0 Å². The molecule has 0 aliphatic heterocycles. The third-order valence-electron chi connectivity index (χ3n) is 1.28. The van der Waals surface area contributed by atoms with Crippen molar-refractivity contribution in [2.45, 2.75) is 6.92 Å². The molecule has 0 saturated heterocycles. The summed E-state index contributed by atoms with van der Waals surface area (Å²) in [7, 11) is 0. The first-order valence-electron chi connectivity index (χ1n) is 3.54. The number of aliphatic hydroxyl groups excluding tert-OH is 1. The van der Waals surface area contributed by atoms with Crippen LogP contribution in [-0.4, -0.2) is 14.4 Å². The van der Waals surface area contributed by atoms with Crippen molar-refractivity contribution in [1.29, 1.82) is 0 Å². The van der Waals surface area contributed by atoms with Crippen molar-refractivity contribution in [3.05, 3.63) is 35.9 Å². The van der Waals surface area contributed by atoms with E-state index in [0.717, 1.165) is 21.1 Å². The molecule has 0 atom stereocenters. The number of benzene rings is 1. The van der Waals surface area contributed by atoms with Gasteiger partial charge in [0.1, 0.15) is 0 Å². The van der Waals surface area contributed by atoms with Gasteiger partial charge in [0, 0.05) is 0 Å². The topological polar surface area (TPSA) is 20.2 Å². The van der Waals surface area contributed by atoms with Crippen LogP contribution in [-0.2, 0) is 0 Å². The number of thiol groups is 1. The Kier molecular flexibility index (Phi) is 3.59. The van der Waals surface area contributed by atoms with Crippen molar-refractivity contribution in [3.63, 3.8) is 0 Å². The second-order valence-electron chi connectivity index (χ2n) is 2.33. The van der Waals surface area contributed by atoms with E-state index in [4.69, 9.17) is 17.3 Å². The molecule has 1 rings (SSSR count). The summed E-state index contributed by atoms with van der Waals surface area (Å²) in [6.07, 6.45) is 0. The fraction of sp³-hybridized carbons (Fsp3) is 0.111. The van der Waals surface area contributed by atoms with Crippen molar-refractivity contribution >= 4 is 32.8 Å². The number of hydrogen-bond acceptors (Lipinski definition) is 1. The van der Waals surface area contributed by atoms with Crippen molar-refractivity contribution < 1.29 is 5.11 Å². The molecule has 0 heterocycles. The van der Waals surface area contributed by atoms with Gasteiger partial charge in [0.25, 0.3) is 0 Å². The second kappa shape index (κ2) is 4.50. The monoisotopic (exact) mass is 198 g/mol. The highest BCUT2D eigenvalue weighted by atomic mass is 32.2. The zero-order valence-electron chi connectivity index (χ0n) is 6.69. The largest absolute Gasteiger partial charge is 0.359 e. The highest BCUT2D eigenvalue weighted by molar-refractivity contribution is 8.22. The van der Waals surface area contributed by atoms with Gasteiger partial charge >= 0.3 is 0 Å². The number of aliphatic hydroxyl groups is 1. The van der Waals surface area contributed by atoms with Crippen LogP contribution in [0.2, 0.25) is 0 Å². The van der Waals surface area contributed by atoms with Crippen LogP contribution in [0.3, 0.4) is 0 Å². The van der Waals surface area contributed by atoms with Crippen LogP contribution in [0.25, 0.3) is 0 Å². The van der Waals surface area contributed by atoms with Gasteiger partial charge in [-0.15, -0.1) is 11.4 Å². The molecular formula is C9H10OS2. The number of thiocarbonyl (C=S) groups is 1. The molecule has 1 aromatic carbocycles. The second-order valence-corrected chi connectivity index (χ2v) is 4.36. The maximum atomic E-state index is 9.00. The van der Waals surface area contributed by atoms with Gasteiger partial charge in [-0.05, 0) is 12.5 Å². The molecule has 0 aliphatic carbocycles. The zero-order chi connectivity index (χ0) is 8.97.